The molecule has 4 aromatic rings. The van der Waals surface area contributed by atoms with Gasteiger partial charge in [-0.2, -0.15) is 10.2 Å². The number of benzene rings is 3. The molecule has 0 bridgehead atoms. The van der Waals surface area contributed by atoms with Crippen molar-refractivity contribution in [2.75, 3.05) is 45.3 Å². The molecule has 0 N–H and O–H groups in total. The maximum Gasteiger partial charge on any atom is 0.235 e. The van der Waals surface area contributed by atoms with Crippen molar-refractivity contribution >= 4 is 18.0 Å². The van der Waals surface area contributed by atoms with Gasteiger partial charge in [0, 0.05) is 32.3 Å². The maximum atomic E-state index is 9.75. The first-order valence-electron chi connectivity index (χ1n) is 12.6. The molecular weight excluding hydrogens is 476 g/mol. The number of methoxy groups -OCH3 is 2. The van der Waals surface area contributed by atoms with Crippen molar-refractivity contribution in [1.82, 2.24) is 9.88 Å². The van der Waals surface area contributed by atoms with Crippen LogP contribution in [0.5, 0.6) is 11.5 Å². The zero-order valence-corrected chi connectivity index (χ0v) is 21.6. The van der Waals surface area contributed by atoms with Gasteiger partial charge < -0.3 is 18.8 Å². The van der Waals surface area contributed by atoms with E-state index in [1.165, 1.54) is 11.1 Å². The molecule has 0 saturated carbocycles. The number of aromatic nitrogens is 1. The van der Waals surface area contributed by atoms with E-state index in [9.17, 15) is 5.26 Å². The van der Waals surface area contributed by atoms with Crippen molar-refractivity contribution in [2.24, 2.45) is 0 Å². The second-order valence-corrected chi connectivity index (χ2v) is 9.01. The van der Waals surface area contributed by atoms with Gasteiger partial charge in [0.15, 0.2) is 11.5 Å². The SMILES string of the molecule is COc1ccc(/C=C/c2nc(C#N)c(N3CCN(C(c4ccccc4)c4ccccc4)CC3)o2)cc1OC. The highest BCUT2D eigenvalue weighted by atomic mass is 16.5. The third-order valence-electron chi connectivity index (χ3n) is 6.75. The molecule has 1 fully saturated rings. The molecule has 1 aliphatic rings. The van der Waals surface area contributed by atoms with E-state index in [2.05, 4.69) is 69.4 Å². The summed E-state index contributed by atoms with van der Waals surface area (Å²) in [4.78, 5) is 9.02. The lowest BCUT2D eigenvalue weighted by Gasteiger charge is -2.39. The summed E-state index contributed by atoms with van der Waals surface area (Å²) in [5.74, 6) is 2.22. The Balaban J connectivity index is 1.32. The lowest BCUT2D eigenvalue weighted by atomic mass is 9.96. The predicted molar refractivity (Wildman–Crippen MR) is 148 cm³/mol. The van der Waals surface area contributed by atoms with Crippen LogP contribution < -0.4 is 14.4 Å². The topological polar surface area (TPSA) is 74.8 Å². The van der Waals surface area contributed by atoms with Crippen molar-refractivity contribution < 1.29 is 13.9 Å². The Kier molecular flexibility index (Phi) is 7.72. The number of ether oxygens (including phenoxy) is 2. The monoisotopic (exact) mass is 506 g/mol. The Hall–Kier alpha value is -4.54. The molecule has 7 heteroatoms. The van der Waals surface area contributed by atoms with Crippen LogP contribution in [-0.2, 0) is 0 Å². The number of hydrogen-bond acceptors (Lipinski definition) is 7. The van der Waals surface area contributed by atoms with Crippen molar-refractivity contribution in [1.29, 1.82) is 5.26 Å². The van der Waals surface area contributed by atoms with Gasteiger partial charge in [-0.3, -0.25) is 4.90 Å². The number of oxazole rings is 1. The number of hydrogen-bond donors (Lipinski definition) is 0. The van der Waals surface area contributed by atoms with Gasteiger partial charge >= 0.3 is 0 Å². The summed E-state index contributed by atoms with van der Waals surface area (Å²) in [6.45, 7) is 3.13. The van der Waals surface area contributed by atoms with Gasteiger partial charge in [0.05, 0.1) is 20.3 Å². The van der Waals surface area contributed by atoms with E-state index in [-0.39, 0.29) is 6.04 Å². The molecule has 7 nitrogen and oxygen atoms in total. The fourth-order valence-electron chi connectivity index (χ4n) is 4.88. The average Bonchev–Trinajstić information content (AvgIpc) is 3.41. The number of anilines is 1. The van der Waals surface area contributed by atoms with E-state index >= 15 is 0 Å². The summed E-state index contributed by atoms with van der Waals surface area (Å²) >= 11 is 0. The van der Waals surface area contributed by atoms with Gasteiger partial charge in [-0.1, -0.05) is 66.7 Å². The summed E-state index contributed by atoms with van der Waals surface area (Å²) in [7, 11) is 3.21. The molecule has 3 aromatic carbocycles. The van der Waals surface area contributed by atoms with E-state index in [1.807, 2.05) is 36.4 Å². The van der Waals surface area contributed by atoms with Crippen molar-refractivity contribution in [3.63, 3.8) is 0 Å². The summed E-state index contributed by atoms with van der Waals surface area (Å²) in [6.07, 6.45) is 3.64. The number of nitriles is 1. The molecule has 1 saturated heterocycles. The Bertz CT molecular complexity index is 1380. The van der Waals surface area contributed by atoms with Gasteiger partial charge in [0.25, 0.3) is 0 Å². The average molecular weight is 507 g/mol. The Morgan fingerprint density at radius 1 is 0.842 bits per heavy atom. The highest BCUT2D eigenvalue weighted by Crippen LogP contribution is 2.32. The van der Waals surface area contributed by atoms with Gasteiger partial charge in [0.1, 0.15) is 6.07 Å². The first-order valence-corrected chi connectivity index (χ1v) is 12.6. The molecule has 38 heavy (non-hydrogen) atoms. The highest BCUT2D eigenvalue weighted by molar-refractivity contribution is 5.69. The quantitative estimate of drug-likeness (QED) is 0.306. The van der Waals surface area contributed by atoms with Crippen LogP contribution in [0.3, 0.4) is 0 Å². The molecule has 0 spiro atoms. The lowest BCUT2D eigenvalue weighted by molar-refractivity contribution is 0.209. The van der Waals surface area contributed by atoms with Gasteiger partial charge in [0.2, 0.25) is 17.5 Å². The second kappa shape index (κ2) is 11.7. The zero-order valence-electron chi connectivity index (χ0n) is 21.6. The van der Waals surface area contributed by atoms with E-state index in [0.717, 1.165) is 31.7 Å². The molecule has 0 unspecified atom stereocenters. The first kappa shape index (κ1) is 25.1. The van der Waals surface area contributed by atoms with E-state index < -0.39 is 0 Å². The molecule has 0 amide bonds. The molecule has 5 rings (SSSR count). The number of piperazine rings is 1. The molecule has 192 valence electrons. The first-order chi connectivity index (χ1) is 18.7. The Morgan fingerprint density at radius 3 is 2.05 bits per heavy atom. The normalized spacial score (nSPS) is 14.1. The van der Waals surface area contributed by atoms with Crippen LogP contribution >= 0.6 is 0 Å². The largest absolute Gasteiger partial charge is 0.493 e. The van der Waals surface area contributed by atoms with E-state index in [4.69, 9.17) is 13.9 Å². The fraction of sp³-hybridized carbons (Fsp3) is 0.226. The third kappa shape index (κ3) is 5.41. The minimum atomic E-state index is 0.171. The van der Waals surface area contributed by atoms with Gasteiger partial charge in [-0.15, -0.1) is 0 Å². The maximum absolute atomic E-state index is 9.75. The van der Waals surface area contributed by atoms with Crippen LogP contribution in [0.2, 0.25) is 0 Å². The standard InChI is InChI=1S/C31H30N4O3/c1-36-27-15-13-23(21-28(27)37-2)14-16-29-33-26(22-32)31(38-29)35-19-17-34(18-20-35)30(24-9-5-3-6-10-24)25-11-7-4-8-12-25/h3-16,21,30H,17-20H2,1-2H3/b16-14+. The van der Waals surface area contributed by atoms with Crippen LogP contribution in [0.4, 0.5) is 5.88 Å². The minimum Gasteiger partial charge on any atom is -0.493 e. The summed E-state index contributed by atoms with van der Waals surface area (Å²) in [6, 6.07) is 29.2. The predicted octanol–water partition coefficient (Wildman–Crippen LogP) is 5.65. The molecular formula is C31H30N4O3. The smallest absolute Gasteiger partial charge is 0.235 e. The summed E-state index contributed by atoms with van der Waals surface area (Å²) < 4.78 is 16.7. The number of nitrogens with zero attached hydrogens (tertiary/aromatic N) is 4. The molecule has 0 aliphatic carbocycles. The van der Waals surface area contributed by atoms with Gasteiger partial charge in [-0.25, -0.2) is 0 Å². The highest BCUT2D eigenvalue weighted by Gasteiger charge is 2.29. The van der Waals surface area contributed by atoms with E-state index in [0.29, 0.717) is 29.0 Å². The third-order valence-corrected chi connectivity index (χ3v) is 6.75. The zero-order chi connectivity index (χ0) is 26.3. The fourth-order valence-corrected chi connectivity index (χ4v) is 4.88. The Morgan fingerprint density at radius 2 is 1.47 bits per heavy atom. The van der Waals surface area contributed by atoms with Crippen LogP contribution in [-0.4, -0.2) is 50.3 Å². The number of rotatable bonds is 8. The summed E-state index contributed by atoms with van der Waals surface area (Å²) in [5.41, 5.74) is 3.75. The molecule has 0 atom stereocenters. The minimum absolute atomic E-state index is 0.171. The van der Waals surface area contributed by atoms with Crippen LogP contribution in [0.15, 0.2) is 83.3 Å². The van der Waals surface area contributed by atoms with Crippen LogP contribution in [0, 0.1) is 11.3 Å². The van der Waals surface area contributed by atoms with Gasteiger partial charge in [-0.05, 0) is 34.9 Å². The Labute approximate surface area is 223 Å². The molecule has 1 aromatic heterocycles. The molecule has 1 aliphatic heterocycles. The van der Waals surface area contributed by atoms with Crippen molar-refractivity contribution in [2.45, 2.75) is 6.04 Å². The lowest BCUT2D eigenvalue weighted by Crippen LogP contribution is -2.48. The van der Waals surface area contributed by atoms with Crippen molar-refractivity contribution in [3.05, 3.63) is 107 Å². The van der Waals surface area contributed by atoms with E-state index in [1.54, 1.807) is 20.3 Å². The van der Waals surface area contributed by atoms with Crippen LogP contribution in [0.25, 0.3) is 12.2 Å². The van der Waals surface area contributed by atoms with Crippen LogP contribution in [0.1, 0.15) is 34.3 Å². The van der Waals surface area contributed by atoms with Crippen molar-refractivity contribution in [3.8, 4) is 17.6 Å². The molecule has 2 heterocycles. The second-order valence-electron chi connectivity index (χ2n) is 9.01. The summed E-state index contributed by atoms with van der Waals surface area (Å²) in [5, 5.41) is 9.75. The molecule has 0 radical (unpaired) electrons.